The summed E-state index contributed by atoms with van der Waals surface area (Å²) >= 11 is 1.34. The number of fused-ring (bicyclic) bond motifs is 3. The molecule has 0 spiro atoms. The molecule has 1 aliphatic rings. The summed E-state index contributed by atoms with van der Waals surface area (Å²) in [5.74, 6) is 1.16. The van der Waals surface area contributed by atoms with Crippen LogP contribution < -0.4 is 10.9 Å². The Kier molecular flexibility index (Phi) is 6.41. The molecule has 34 heavy (non-hydrogen) atoms. The lowest BCUT2D eigenvalue weighted by atomic mass is 9.98. The largest absolute Gasteiger partial charge is 0.353 e. The third-order valence-electron chi connectivity index (χ3n) is 6.78. The zero-order valence-corrected chi connectivity index (χ0v) is 20.3. The van der Waals surface area contributed by atoms with Gasteiger partial charge in [0.2, 0.25) is 11.7 Å². The number of thioether (sulfide) groups is 1. The molecule has 4 aromatic rings. The number of nitrogens with one attached hydrogen (secondary N) is 1. The highest BCUT2D eigenvalue weighted by atomic mass is 32.2. The van der Waals surface area contributed by atoms with Crippen molar-refractivity contribution >= 4 is 34.3 Å². The van der Waals surface area contributed by atoms with Gasteiger partial charge < -0.3 is 5.32 Å². The van der Waals surface area contributed by atoms with Gasteiger partial charge in [-0.05, 0) is 55.0 Å². The SMILES string of the molecule is CCC(C)c1ccc(-n2c(=O)c3ccccc3n3c(SCC(=O)NC4CCCC4)nnc23)cc1. The topological polar surface area (TPSA) is 81.3 Å². The van der Waals surface area contributed by atoms with Crippen LogP contribution in [-0.4, -0.2) is 36.9 Å². The number of carbonyl (C=O) groups excluding carboxylic acids is 1. The Morgan fingerprint density at radius 3 is 2.59 bits per heavy atom. The number of hydrogen-bond acceptors (Lipinski definition) is 5. The van der Waals surface area contributed by atoms with Crippen molar-refractivity contribution in [2.75, 3.05) is 5.75 Å². The molecule has 7 nitrogen and oxygen atoms in total. The minimum absolute atomic E-state index is 0.00640. The van der Waals surface area contributed by atoms with Crippen LogP contribution in [0.1, 0.15) is 57.4 Å². The molecule has 8 heteroatoms. The molecule has 2 heterocycles. The molecule has 1 amide bonds. The predicted octanol–water partition coefficient (Wildman–Crippen LogP) is 4.70. The monoisotopic (exact) mass is 475 g/mol. The highest BCUT2D eigenvalue weighted by molar-refractivity contribution is 7.99. The normalized spacial score (nSPS) is 15.2. The molecular formula is C26H29N5O2S. The van der Waals surface area contributed by atoms with E-state index in [2.05, 4.69) is 41.5 Å². The van der Waals surface area contributed by atoms with E-state index in [-0.39, 0.29) is 23.3 Å². The van der Waals surface area contributed by atoms with Gasteiger partial charge in [-0.2, -0.15) is 0 Å². The van der Waals surface area contributed by atoms with E-state index >= 15 is 0 Å². The van der Waals surface area contributed by atoms with Gasteiger partial charge in [0.1, 0.15) is 0 Å². The molecule has 0 aliphatic heterocycles. The first-order valence-corrected chi connectivity index (χ1v) is 13.0. The lowest BCUT2D eigenvalue weighted by Gasteiger charge is -2.14. The molecule has 176 valence electrons. The highest BCUT2D eigenvalue weighted by Gasteiger charge is 2.20. The summed E-state index contributed by atoms with van der Waals surface area (Å²) in [7, 11) is 0. The Balaban J connectivity index is 1.54. The van der Waals surface area contributed by atoms with E-state index in [1.807, 2.05) is 40.8 Å². The number of carbonyl (C=O) groups is 1. The van der Waals surface area contributed by atoms with Crippen molar-refractivity contribution in [3.8, 4) is 5.69 Å². The van der Waals surface area contributed by atoms with Gasteiger partial charge in [0, 0.05) is 6.04 Å². The predicted molar refractivity (Wildman–Crippen MR) is 136 cm³/mol. The van der Waals surface area contributed by atoms with Crippen molar-refractivity contribution in [1.29, 1.82) is 0 Å². The fourth-order valence-corrected chi connectivity index (χ4v) is 5.41. The van der Waals surface area contributed by atoms with Gasteiger partial charge in [-0.25, -0.2) is 4.57 Å². The average Bonchev–Trinajstić information content (AvgIpc) is 3.53. The number of para-hydroxylation sites is 1. The fraction of sp³-hybridized carbons (Fsp3) is 0.385. The molecule has 2 aromatic carbocycles. The molecule has 1 unspecified atom stereocenters. The molecule has 1 saturated carbocycles. The van der Waals surface area contributed by atoms with Crippen LogP contribution in [0.5, 0.6) is 0 Å². The number of hydrogen-bond donors (Lipinski definition) is 1. The van der Waals surface area contributed by atoms with Crippen molar-refractivity contribution in [2.24, 2.45) is 0 Å². The summed E-state index contributed by atoms with van der Waals surface area (Å²) in [6.45, 7) is 4.36. The van der Waals surface area contributed by atoms with Gasteiger partial charge in [0.15, 0.2) is 5.16 Å². The molecule has 0 radical (unpaired) electrons. The summed E-state index contributed by atoms with van der Waals surface area (Å²) in [6.07, 6.45) is 5.51. The fourth-order valence-electron chi connectivity index (χ4n) is 4.66. The lowest BCUT2D eigenvalue weighted by molar-refractivity contribution is -0.119. The van der Waals surface area contributed by atoms with Crippen LogP contribution in [0.25, 0.3) is 22.4 Å². The van der Waals surface area contributed by atoms with E-state index in [4.69, 9.17) is 0 Å². The minimum atomic E-state index is -0.137. The first-order valence-electron chi connectivity index (χ1n) is 12.0. The number of rotatable bonds is 7. The summed E-state index contributed by atoms with van der Waals surface area (Å²) in [6, 6.07) is 15.8. The van der Waals surface area contributed by atoms with Gasteiger partial charge in [-0.15, -0.1) is 10.2 Å². The molecule has 5 rings (SSSR count). The maximum absolute atomic E-state index is 13.5. The minimum Gasteiger partial charge on any atom is -0.353 e. The van der Waals surface area contributed by atoms with E-state index in [0.717, 1.165) is 30.5 Å². The van der Waals surface area contributed by atoms with E-state index in [9.17, 15) is 9.59 Å². The summed E-state index contributed by atoms with van der Waals surface area (Å²) in [5.41, 5.74) is 2.58. The van der Waals surface area contributed by atoms with Crippen molar-refractivity contribution < 1.29 is 4.79 Å². The average molecular weight is 476 g/mol. The highest BCUT2D eigenvalue weighted by Crippen LogP contribution is 2.25. The number of aromatic nitrogens is 4. The van der Waals surface area contributed by atoms with Crippen LogP contribution in [-0.2, 0) is 4.79 Å². The third kappa shape index (κ3) is 4.22. The lowest BCUT2D eigenvalue weighted by Crippen LogP contribution is -2.33. The van der Waals surface area contributed by atoms with Crippen molar-refractivity contribution in [3.63, 3.8) is 0 Å². The summed E-state index contributed by atoms with van der Waals surface area (Å²) < 4.78 is 3.49. The Bertz CT molecular complexity index is 1390. The summed E-state index contributed by atoms with van der Waals surface area (Å²) in [5, 5.41) is 13.1. The van der Waals surface area contributed by atoms with Gasteiger partial charge in [-0.1, -0.05) is 62.7 Å². The first-order chi connectivity index (χ1) is 16.6. The maximum atomic E-state index is 13.5. The number of amides is 1. The first kappa shape index (κ1) is 22.7. The Labute approximate surface area is 202 Å². The van der Waals surface area contributed by atoms with Crippen molar-refractivity contribution in [2.45, 2.75) is 63.1 Å². The molecule has 1 atom stereocenters. The molecule has 1 N–H and O–H groups in total. The van der Waals surface area contributed by atoms with Crippen LogP contribution in [0.4, 0.5) is 0 Å². The van der Waals surface area contributed by atoms with E-state index in [0.29, 0.717) is 22.2 Å². The second-order valence-corrected chi connectivity index (χ2v) is 9.96. The zero-order chi connectivity index (χ0) is 23.7. The quantitative estimate of drug-likeness (QED) is 0.392. The van der Waals surface area contributed by atoms with Gasteiger partial charge in [-0.3, -0.25) is 14.0 Å². The van der Waals surface area contributed by atoms with Gasteiger partial charge in [0.25, 0.3) is 5.56 Å². The van der Waals surface area contributed by atoms with Crippen molar-refractivity contribution in [3.05, 3.63) is 64.4 Å². The summed E-state index contributed by atoms with van der Waals surface area (Å²) in [4.78, 5) is 26.0. The van der Waals surface area contributed by atoms with Crippen LogP contribution >= 0.6 is 11.8 Å². The van der Waals surface area contributed by atoms with Crippen LogP contribution in [0.3, 0.4) is 0 Å². The molecule has 1 aliphatic carbocycles. The van der Waals surface area contributed by atoms with Crippen molar-refractivity contribution in [1.82, 2.24) is 24.5 Å². The van der Waals surface area contributed by atoms with Crippen LogP contribution in [0, 0.1) is 0 Å². The Morgan fingerprint density at radius 2 is 1.85 bits per heavy atom. The van der Waals surface area contributed by atoms with Gasteiger partial charge in [0.05, 0.1) is 22.3 Å². The second-order valence-electron chi connectivity index (χ2n) is 9.01. The van der Waals surface area contributed by atoms with Crippen LogP contribution in [0.15, 0.2) is 58.5 Å². The molecule has 0 saturated heterocycles. The van der Waals surface area contributed by atoms with E-state index in [1.165, 1.54) is 30.2 Å². The van der Waals surface area contributed by atoms with E-state index < -0.39 is 0 Å². The molecule has 0 bridgehead atoms. The van der Waals surface area contributed by atoms with E-state index in [1.54, 1.807) is 4.57 Å². The second kappa shape index (κ2) is 9.62. The molecule has 2 aromatic heterocycles. The number of benzene rings is 2. The van der Waals surface area contributed by atoms with Gasteiger partial charge >= 0.3 is 0 Å². The smallest absolute Gasteiger partial charge is 0.267 e. The Hall–Kier alpha value is -3.13. The standard InChI is InChI=1S/C26H29N5O2S/c1-3-17(2)18-12-14-20(15-13-18)30-24(33)21-10-6-7-11-22(21)31-25(30)28-29-26(31)34-16-23(32)27-19-8-4-5-9-19/h6-7,10-15,17,19H,3-5,8-9,16H2,1-2H3,(H,27,32). The Morgan fingerprint density at radius 1 is 1.12 bits per heavy atom. The maximum Gasteiger partial charge on any atom is 0.267 e. The molecule has 1 fully saturated rings. The third-order valence-corrected chi connectivity index (χ3v) is 7.71. The van der Waals surface area contributed by atoms with Crippen LogP contribution in [0.2, 0.25) is 0 Å². The number of nitrogens with zero attached hydrogens (tertiary/aromatic N) is 4. The molecular weight excluding hydrogens is 446 g/mol. The zero-order valence-electron chi connectivity index (χ0n) is 19.5.